The second kappa shape index (κ2) is 7.11. The molecule has 0 unspecified atom stereocenters. The summed E-state index contributed by atoms with van der Waals surface area (Å²) < 4.78 is 16.6. The highest BCUT2D eigenvalue weighted by atomic mass is 16.6. The molecule has 0 saturated carbocycles. The van der Waals surface area contributed by atoms with Gasteiger partial charge in [0.25, 0.3) is 0 Å². The Morgan fingerprint density at radius 3 is 2.26 bits per heavy atom. The first kappa shape index (κ1) is 17.4. The molecule has 1 aromatic rings. The highest BCUT2D eigenvalue weighted by molar-refractivity contribution is 5.69. The summed E-state index contributed by atoms with van der Waals surface area (Å²) >= 11 is 0. The van der Waals surface area contributed by atoms with E-state index in [0.29, 0.717) is 6.54 Å². The minimum Gasteiger partial charge on any atom is -0.496 e. The fourth-order valence-electron chi connectivity index (χ4n) is 2.98. The van der Waals surface area contributed by atoms with Gasteiger partial charge in [0.2, 0.25) is 0 Å². The summed E-state index contributed by atoms with van der Waals surface area (Å²) in [5.41, 5.74) is 0.410. The molecule has 0 bridgehead atoms. The molecule has 2 rings (SSSR count). The monoisotopic (exact) mass is 321 g/mol. The summed E-state index contributed by atoms with van der Waals surface area (Å²) in [7, 11) is 3.28. The summed E-state index contributed by atoms with van der Waals surface area (Å²) in [4.78, 5) is 14.4. The lowest BCUT2D eigenvalue weighted by molar-refractivity contribution is 0.00904. The van der Waals surface area contributed by atoms with Crippen molar-refractivity contribution in [3.05, 3.63) is 23.8 Å². The Morgan fingerprint density at radius 2 is 1.74 bits per heavy atom. The van der Waals surface area contributed by atoms with E-state index in [4.69, 9.17) is 14.2 Å². The molecule has 23 heavy (non-hydrogen) atoms. The number of likely N-dealkylation sites (tertiary alicyclic amines) is 1. The molecule has 1 aromatic carbocycles. The van der Waals surface area contributed by atoms with Crippen molar-refractivity contribution in [3.63, 3.8) is 0 Å². The number of hydrogen-bond acceptors (Lipinski definition) is 4. The number of carbonyl (C=O) groups excluding carboxylic acids is 1. The van der Waals surface area contributed by atoms with Crippen molar-refractivity contribution in [2.75, 3.05) is 20.8 Å². The minimum atomic E-state index is -0.510. The fourth-order valence-corrected chi connectivity index (χ4v) is 2.98. The molecule has 1 fully saturated rings. The zero-order valence-corrected chi connectivity index (χ0v) is 14.7. The number of hydrogen-bond donors (Lipinski definition) is 0. The summed E-state index contributed by atoms with van der Waals surface area (Å²) in [6.07, 6.45) is 2.63. The molecule has 128 valence electrons. The molecule has 5 heteroatoms. The van der Waals surface area contributed by atoms with Gasteiger partial charge >= 0.3 is 6.09 Å². The molecule has 0 aromatic heterocycles. The van der Waals surface area contributed by atoms with Crippen molar-refractivity contribution < 1.29 is 19.0 Å². The Hall–Kier alpha value is -1.91. The Bertz CT molecular complexity index is 528. The highest BCUT2D eigenvalue weighted by Gasteiger charge is 2.34. The van der Waals surface area contributed by atoms with Gasteiger partial charge in [-0.25, -0.2) is 4.79 Å². The van der Waals surface area contributed by atoms with Crippen LogP contribution in [0, 0.1) is 0 Å². The van der Waals surface area contributed by atoms with E-state index in [9.17, 15) is 4.79 Å². The van der Waals surface area contributed by atoms with Crippen molar-refractivity contribution in [3.8, 4) is 11.5 Å². The van der Waals surface area contributed by atoms with Gasteiger partial charge in [-0.15, -0.1) is 0 Å². The molecule has 1 aliphatic rings. The zero-order chi connectivity index (χ0) is 17.0. The Morgan fingerprint density at radius 1 is 1.13 bits per heavy atom. The molecular formula is C18H27NO4. The van der Waals surface area contributed by atoms with E-state index in [1.807, 2.05) is 39.0 Å². The summed E-state index contributed by atoms with van der Waals surface area (Å²) in [5, 5.41) is 0. The maximum atomic E-state index is 12.6. The molecule has 1 saturated heterocycles. The topological polar surface area (TPSA) is 48.0 Å². The SMILES string of the molecule is COc1cccc(OC)c1[C@H]1CCCCN1C(=O)OC(C)(C)C. The Kier molecular flexibility index (Phi) is 5.39. The summed E-state index contributed by atoms with van der Waals surface area (Å²) in [6, 6.07) is 5.60. The van der Waals surface area contributed by atoms with Gasteiger partial charge in [-0.2, -0.15) is 0 Å². The average Bonchev–Trinajstić information content (AvgIpc) is 2.52. The smallest absolute Gasteiger partial charge is 0.410 e. The standard InChI is InChI=1S/C18H27NO4/c1-18(2,3)23-17(20)19-12-7-6-9-13(19)16-14(21-4)10-8-11-15(16)22-5/h8,10-11,13H,6-7,9,12H2,1-5H3/t13-/m1/s1. The number of piperidine rings is 1. The van der Waals surface area contributed by atoms with Crippen molar-refractivity contribution in [1.82, 2.24) is 4.90 Å². The van der Waals surface area contributed by atoms with E-state index in [1.165, 1.54) is 0 Å². The lowest BCUT2D eigenvalue weighted by atomic mass is 9.94. The number of benzene rings is 1. The quantitative estimate of drug-likeness (QED) is 0.838. The van der Waals surface area contributed by atoms with E-state index in [0.717, 1.165) is 36.3 Å². The largest absolute Gasteiger partial charge is 0.496 e. The molecule has 1 heterocycles. The van der Waals surface area contributed by atoms with Crippen LogP contribution in [-0.2, 0) is 4.74 Å². The second-order valence-corrected chi connectivity index (χ2v) is 6.76. The highest BCUT2D eigenvalue weighted by Crippen LogP contribution is 2.42. The van der Waals surface area contributed by atoms with E-state index in [1.54, 1.807) is 19.1 Å². The number of methoxy groups -OCH3 is 2. The van der Waals surface area contributed by atoms with Crippen LogP contribution in [0.3, 0.4) is 0 Å². The number of rotatable bonds is 3. The maximum Gasteiger partial charge on any atom is 0.410 e. The van der Waals surface area contributed by atoms with Crippen molar-refractivity contribution >= 4 is 6.09 Å². The third-order valence-corrected chi connectivity index (χ3v) is 3.93. The first-order chi connectivity index (χ1) is 10.9. The van der Waals surface area contributed by atoms with E-state index < -0.39 is 5.60 Å². The summed E-state index contributed by atoms with van der Waals surface area (Å²) in [6.45, 7) is 6.33. The molecule has 0 radical (unpaired) electrons. The molecule has 0 aliphatic carbocycles. The molecule has 5 nitrogen and oxygen atoms in total. The van der Waals surface area contributed by atoms with Crippen LogP contribution in [0.5, 0.6) is 11.5 Å². The molecule has 1 atom stereocenters. The second-order valence-electron chi connectivity index (χ2n) is 6.76. The van der Waals surface area contributed by atoms with Gasteiger partial charge < -0.3 is 19.1 Å². The number of carbonyl (C=O) groups is 1. The van der Waals surface area contributed by atoms with Crippen LogP contribution in [0.25, 0.3) is 0 Å². The number of ether oxygens (including phenoxy) is 3. The number of nitrogens with zero attached hydrogens (tertiary/aromatic N) is 1. The minimum absolute atomic E-state index is 0.0929. The lowest BCUT2D eigenvalue weighted by Gasteiger charge is -2.37. The zero-order valence-electron chi connectivity index (χ0n) is 14.7. The van der Waals surface area contributed by atoms with Gasteiger partial charge in [-0.05, 0) is 52.2 Å². The van der Waals surface area contributed by atoms with Crippen LogP contribution in [0.4, 0.5) is 4.79 Å². The first-order valence-electron chi connectivity index (χ1n) is 8.08. The van der Waals surface area contributed by atoms with Gasteiger partial charge in [0.1, 0.15) is 17.1 Å². The van der Waals surface area contributed by atoms with Crippen molar-refractivity contribution in [2.45, 2.75) is 51.7 Å². The average molecular weight is 321 g/mol. The van der Waals surface area contributed by atoms with Crippen LogP contribution in [0.1, 0.15) is 51.6 Å². The van der Waals surface area contributed by atoms with Crippen molar-refractivity contribution in [2.24, 2.45) is 0 Å². The van der Waals surface area contributed by atoms with Crippen LogP contribution in [0.2, 0.25) is 0 Å². The molecule has 1 amide bonds. The van der Waals surface area contributed by atoms with Gasteiger partial charge in [0.05, 0.1) is 25.8 Å². The summed E-state index contributed by atoms with van der Waals surface area (Å²) in [5.74, 6) is 1.48. The Labute approximate surface area is 138 Å². The molecule has 0 N–H and O–H groups in total. The predicted molar refractivity (Wildman–Crippen MR) is 89.1 cm³/mol. The first-order valence-corrected chi connectivity index (χ1v) is 8.08. The molecule has 0 spiro atoms. The van der Waals surface area contributed by atoms with Crippen LogP contribution >= 0.6 is 0 Å². The number of amides is 1. The molecular weight excluding hydrogens is 294 g/mol. The van der Waals surface area contributed by atoms with Crippen LogP contribution in [0.15, 0.2) is 18.2 Å². The fraction of sp³-hybridized carbons (Fsp3) is 0.611. The lowest BCUT2D eigenvalue weighted by Crippen LogP contribution is -2.42. The van der Waals surface area contributed by atoms with Crippen molar-refractivity contribution in [1.29, 1.82) is 0 Å². The third kappa shape index (κ3) is 4.09. The van der Waals surface area contributed by atoms with E-state index in [-0.39, 0.29) is 12.1 Å². The van der Waals surface area contributed by atoms with E-state index in [2.05, 4.69) is 0 Å². The Balaban J connectivity index is 2.37. The van der Waals surface area contributed by atoms with Gasteiger partial charge in [-0.3, -0.25) is 0 Å². The third-order valence-electron chi connectivity index (χ3n) is 3.93. The molecule has 1 aliphatic heterocycles. The predicted octanol–water partition coefficient (Wildman–Crippen LogP) is 4.17. The van der Waals surface area contributed by atoms with Crippen LogP contribution in [-0.4, -0.2) is 37.4 Å². The van der Waals surface area contributed by atoms with Gasteiger partial charge in [0.15, 0.2) is 0 Å². The van der Waals surface area contributed by atoms with Gasteiger partial charge in [-0.1, -0.05) is 6.07 Å². The normalized spacial score (nSPS) is 18.5. The van der Waals surface area contributed by atoms with E-state index >= 15 is 0 Å². The van der Waals surface area contributed by atoms with Gasteiger partial charge in [0, 0.05) is 6.54 Å². The maximum absolute atomic E-state index is 12.6. The van der Waals surface area contributed by atoms with Crippen LogP contribution < -0.4 is 9.47 Å².